The predicted octanol–water partition coefficient (Wildman–Crippen LogP) is 2.72. The van der Waals surface area contributed by atoms with E-state index in [-0.39, 0.29) is 11.9 Å². The van der Waals surface area contributed by atoms with Gasteiger partial charge in [0.25, 0.3) is 0 Å². The van der Waals surface area contributed by atoms with Crippen LogP contribution in [0.3, 0.4) is 0 Å². The molecular formula is C14H13NO2. The number of aromatic hydroxyl groups is 1. The molecule has 1 N–H and O–H groups in total. The number of hydrogen-bond donors (Lipinski definition) is 1. The van der Waals surface area contributed by atoms with Crippen LogP contribution in [0.4, 0.5) is 0 Å². The number of aromatic nitrogens is 1. The first-order chi connectivity index (χ1) is 8.27. The molecule has 0 aliphatic carbocycles. The van der Waals surface area contributed by atoms with E-state index in [2.05, 4.69) is 4.98 Å². The molecule has 1 aliphatic rings. The maximum atomic E-state index is 10.1. The van der Waals surface area contributed by atoms with E-state index in [1.807, 2.05) is 30.3 Å². The molecule has 2 aromatic rings. The lowest BCUT2D eigenvalue weighted by Gasteiger charge is -2.13. The van der Waals surface area contributed by atoms with E-state index in [1.54, 1.807) is 13.1 Å². The Kier molecular flexibility index (Phi) is 2.34. The van der Waals surface area contributed by atoms with E-state index in [0.717, 1.165) is 16.7 Å². The summed E-state index contributed by atoms with van der Waals surface area (Å²) in [5.74, 6) is 0.258. The number of pyridine rings is 1. The average Bonchev–Trinajstić information content (AvgIpc) is 2.79. The Balaban J connectivity index is 2.13. The summed E-state index contributed by atoms with van der Waals surface area (Å²) in [6.45, 7) is 2.31. The maximum Gasteiger partial charge on any atom is 0.143 e. The van der Waals surface area contributed by atoms with Crippen molar-refractivity contribution in [2.24, 2.45) is 0 Å². The van der Waals surface area contributed by atoms with Gasteiger partial charge in [0.1, 0.15) is 11.9 Å². The number of hydrogen-bond acceptors (Lipinski definition) is 3. The van der Waals surface area contributed by atoms with Crippen molar-refractivity contribution in [2.75, 3.05) is 0 Å². The largest absolute Gasteiger partial charge is 0.506 e. The highest BCUT2D eigenvalue weighted by atomic mass is 16.5. The molecule has 0 saturated heterocycles. The summed E-state index contributed by atoms with van der Waals surface area (Å²) in [5, 5.41) is 10.1. The molecule has 1 aliphatic heterocycles. The van der Waals surface area contributed by atoms with E-state index in [0.29, 0.717) is 12.3 Å². The quantitative estimate of drug-likeness (QED) is 0.814. The van der Waals surface area contributed by atoms with Gasteiger partial charge < -0.3 is 9.84 Å². The molecule has 17 heavy (non-hydrogen) atoms. The van der Waals surface area contributed by atoms with Crippen LogP contribution >= 0.6 is 0 Å². The smallest absolute Gasteiger partial charge is 0.143 e. The Bertz CT molecular complexity index is 552. The van der Waals surface area contributed by atoms with Crippen molar-refractivity contribution in [3.8, 4) is 5.75 Å². The molecule has 0 fully saturated rings. The van der Waals surface area contributed by atoms with Gasteiger partial charge in [-0.3, -0.25) is 4.98 Å². The Hall–Kier alpha value is -1.87. The summed E-state index contributed by atoms with van der Waals surface area (Å²) in [5.41, 5.74) is 3.55. The zero-order valence-electron chi connectivity index (χ0n) is 9.55. The lowest BCUT2D eigenvalue weighted by atomic mass is 9.99. The van der Waals surface area contributed by atoms with Crippen molar-refractivity contribution < 1.29 is 9.84 Å². The molecule has 1 aromatic heterocycles. The van der Waals surface area contributed by atoms with Gasteiger partial charge in [-0.2, -0.15) is 0 Å². The third-order valence-corrected chi connectivity index (χ3v) is 3.13. The molecular weight excluding hydrogens is 214 g/mol. The average molecular weight is 227 g/mol. The summed E-state index contributed by atoms with van der Waals surface area (Å²) in [6.07, 6.45) is 1.61. The summed E-state index contributed by atoms with van der Waals surface area (Å²) >= 11 is 0. The zero-order chi connectivity index (χ0) is 11.8. The molecule has 1 aromatic carbocycles. The molecule has 1 atom stereocenters. The minimum Gasteiger partial charge on any atom is -0.506 e. The van der Waals surface area contributed by atoms with E-state index in [4.69, 9.17) is 4.74 Å². The fourth-order valence-corrected chi connectivity index (χ4v) is 2.21. The van der Waals surface area contributed by atoms with Crippen LogP contribution in [0.5, 0.6) is 5.75 Å². The number of nitrogens with zero attached hydrogens (tertiary/aromatic N) is 1. The van der Waals surface area contributed by atoms with Crippen molar-refractivity contribution in [1.29, 1.82) is 0 Å². The molecule has 0 bridgehead atoms. The standard InChI is InChI=1S/C14H13NO2/c1-9-13(16)12-11(7-15-9)8-17-14(12)10-5-3-2-4-6-10/h2-7,14,16H,8H2,1H3/t14-/m1/s1. The van der Waals surface area contributed by atoms with Gasteiger partial charge in [0.15, 0.2) is 0 Å². The van der Waals surface area contributed by atoms with Gasteiger partial charge >= 0.3 is 0 Å². The molecule has 3 heteroatoms. The lowest BCUT2D eigenvalue weighted by Crippen LogP contribution is -1.99. The third kappa shape index (κ3) is 1.59. The second kappa shape index (κ2) is 3.86. The highest BCUT2D eigenvalue weighted by Crippen LogP contribution is 2.41. The highest BCUT2D eigenvalue weighted by molar-refractivity contribution is 5.47. The molecule has 0 amide bonds. The Labute approximate surface area is 99.7 Å². The Morgan fingerprint density at radius 2 is 2.06 bits per heavy atom. The summed E-state index contributed by atoms with van der Waals surface area (Å²) < 4.78 is 5.75. The van der Waals surface area contributed by atoms with Gasteiger partial charge in [-0.05, 0) is 12.5 Å². The van der Waals surface area contributed by atoms with Gasteiger partial charge in [0.2, 0.25) is 0 Å². The van der Waals surface area contributed by atoms with Crippen molar-refractivity contribution in [3.63, 3.8) is 0 Å². The maximum absolute atomic E-state index is 10.1. The topological polar surface area (TPSA) is 42.4 Å². The molecule has 3 nitrogen and oxygen atoms in total. The van der Waals surface area contributed by atoms with Crippen LogP contribution in [0, 0.1) is 6.92 Å². The normalized spacial score (nSPS) is 18.1. The highest BCUT2D eigenvalue weighted by Gasteiger charge is 2.29. The van der Waals surface area contributed by atoms with E-state index in [9.17, 15) is 5.11 Å². The van der Waals surface area contributed by atoms with Crippen LogP contribution in [-0.2, 0) is 11.3 Å². The van der Waals surface area contributed by atoms with Crippen molar-refractivity contribution in [3.05, 3.63) is 58.9 Å². The number of benzene rings is 1. The fourth-order valence-electron chi connectivity index (χ4n) is 2.21. The summed E-state index contributed by atoms with van der Waals surface area (Å²) in [4.78, 5) is 4.15. The third-order valence-electron chi connectivity index (χ3n) is 3.13. The van der Waals surface area contributed by atoms with Gasteiger partial charge in [0, 0.05) is 17.3 Å². The van der Waals surface area contributed by atoms with Crippen LogP contribution in [0.25, 0.3) is 0 Å². The Morgan fingerprint density at radius 1 is 1.29 bits per heavy atom. The number of rotatable bonds is 1. The van der Waals surface area contributed by atoms with E-state index >= 15 is 0 Å². The number of aryl methyl sites for hydroxylation is 1. The molecule has 86 valence electrons. The van der Waals surface area contributed by atoms with Crippen LogP contribution < -0.4 is 0 Å². The monoisotopic (exact) mass is 227 g/mol. The molecule has 0 saturated carbocycles. The first kappa shape index (κ1) is 10.3. The van der Waals surface area contributed by atoms with Crippen molar-refractivity contribution in [1.82, 2.24) is 4.98 Å². The van der Waals surface area contributed by atoms with E-state index < -0.39 is 0 Å². The van der Waals surface area contributed by atoms with Gasteiger partial charge in [-0.15, -0.1) is 0 Å². The van der Waals surface area contributed by atoms with Crippen molar-refractivity contribution >= 4 is 0 Å². The van der Waals surface area contributed by atoms with Gasteiger partial charge in [-0.1, -0.05) is 30.3 Å². The van der Waals surface area contributed by atoms with Gasteiger partial charge in [-0.25, -0.2) is 0 Å². The molecule has 0 unspecified atom stereocenters. The molecule has 0 spiro atoms. The first-order valence-corrected chi connectivity index (χ1v) is 5.61. The lowest BCUT2D eigenvalue weighted by molar-refractivity contribution is 0.0928. The second-order valence-corrected chi connectivity index (χ2v) is 4.23. The molecule has 3 rings (SSSR count). The zero-order valence-corrected chi connectivity index (χ0v) is 9.55. The van der Waals surface area contributed by atoms with Crippen LogP contribution in [-0.4, -0.2) is 10.1 Å². The minimum atomic E-state index is -0.173. The fraction of sp³-hybridized carbons (Fsp3) is 0.214. The summed E-state index contributed by atoms with van der Waals surface area (Å²) in [6, 6.07) is 9.94. The first-order valence-electron chi connectivity index (χ1n) is 5.61. The predicted molar refractivity (Wildman–Crippen MR) is 63.7 cm³/mol. The van der Waals surface area contributed by atoms with E-state index in [1.165, 1.54) is 0 Å². The van der Waals surface area contributed by atoms with Crippen molar-refractivity contribution in [2.45, 2.75) is 19.6 Å². The van der Waals surface area contributed by atoms with Gasteiger partial charge in [0.05, 0.1) is 12.3 Å². The van der Waals surface area contributed by atoms with Crippen LogP contribution in [0.2, 0.25) is 0 Å². The van der Waals surface area contributed by atoms with Crippen LogP contribution in [0.15, 0.2) is 36.5 Å². The minimum absolute atomic E-state index is 0.173. The molecule has 2 heterocycles. The van der Waals surface area contributed by atoms with Crippen LogP contribution in [0.1, 0.15) is 28.5 Å². The molecule has 0 radical (unpaired) electrons. The summed E-state index contributed by atoms with van der Waals surface area (Å²) in [7, 11) is 0. The Morgan fingerprint density at radius 3 is 2.82 bits per heavy atom. The second-order valence-electron chi connectivity index (χ2n) is 4.23. The number of ether oxygens (including phenoxy) is 1. The SMILES string of the molecule is Cc1ncc2c(c1O)[C@@H](c1ccccc1)OC2. The number of fused-ring (bicyclic) bond motifs is 1.